The van der Waals surface area contributed by atoms with Crippen LogP contribution in [0.15, 0.2) is 46.9 Å². The van der Waals surface area contributed by atoms with Crippen LogP contribution in [0.1, 0.15) is 37.2 Å². The first-order valence-corrected chi connectivity index (χ1v) is 7.32. The van der Waals surface area contributed by atoms with Crippen molar-refractivity contribution in [3.63, 3.8) is 0 Å². The first kappa shape index (κ1) is 15.1. The fourth-order valence-electron chi connectivity index (χ4n) is 2.74. The summed E-state index contributed by atoms with van der Waals surface area (Å²) in [6.07, 6.45) is 2.04. The van der Waals surface area contributed by atoms with Gasteiger partial charge in [-0.05, 0) is 23.7 Å². The molecule has 0 amide bonds. The summed E-state index contributed by atoms with van der Waals surface area (Å²) in [7, 11) is 0. The highest BCUT2D eigenvalue weighted by molar-refractivity contribution is 6.26. The molecule has 1 aliphatic rings. The number of allylic oxidation sites excluding steroid dienone is 2. The Morgan fingerprint density at radius 1 is 1.22 bits per heavy atom. The normalized spacial score (nSPS) is 17.4. The average molecular weight is 309 g/mol. The Bertz CT molecular complexity index is 868. The first-order valence-electron chi connectivity index (χ1n) is 7.32. The molecule has 116 valence electrons. The number of Topliss-reactive ketones (excluding diaryl/α,β-unsaturated/α-hetero) is 2. The number of hydrogen-bond acceptors (Lipinski definition) is 6. The minimum absolute atomic E-state index is 0.00806. The molecular weight excluding hydrogens is 294 g/mol. The summed E-state index contributed by atoms with van der Waals surface area (Å²) < 4.78 is 0. The third kappa shape index (κ3) is 2.56. The monoisotopic (exact) mass is 309 g/mol. The summed E-state index contributed by atoms with van der Waals surface area (Å²) in [5, 5.41) is 2.98. The molecule has 0 saturated heterocycles. The summed E-state index contributed by atoms with van der Waals surface area (Å²) >= 11 is 0. The van der Waals surface area contributed by atoms with Crippen molar-refractivity contribution in [1.82, 2.24) is 9.97 Å². The lowest BCUT2D eigenvalue weighted by molar-refractivity contribution is -0.116. The van der Waals surface area contributed by atoms with Gasteiger partial charge < -0.3 is 0 Å². The third-order valence-corrected chi connectivity index (χ3v) is 4.13. The van der Waals surface area contributed by atoms with Gasteiger partial charge in [0, 0.05) is 11.8 Å². The lowest BCUT2D eigenvalue weighted by atomic mass is 9.75. The number of ketones is 2. The van der Waals surface area contributed by atoms with E-state index in [0.717, 1.165) is 0 Å². The van der Waals surface area contributed by atoms with Gasteiger partial charge in [0.1, 0.15) is 11.4 Å². The number of hydrogen-bond donors (Lipinski definition) is 0. The van der Waals surface area contributed by atoms with Gasteiger partial charge in [0.25, 0.3) is 0 Å². The molecule has 23 heavy (non-hydrogen) atoms. The molecule has 2 aromatic rings. The standard InChI is InChI=1S/C17H15N3O3/c1-17(2)8-7-13(21)14(16(17)20-23)15(22)12-9-18-10-5-3-4-6-11(10)19-12/h3-6,9H,7-8H2,1-2H3. The summed E-state index contributed by atoms with van der Waals surface area (Å²) in [4.78, 5) is 44.6. The van der Waals surface area contributed by atoms with E-state index in [4.69, 9.17) is 0 Å². The molecule has 0 atom stereocenters. The highest BCUT2D eigenvalue weighted by Gasteiger charge is 2.39. The van der Waals surface area contributed by atoms with Crippen molar-refractivity contribution in [1.29, 1.82) is 0 Å². The minimum atomic E-state index is -0.606. The summed E-state index contributed by atoms with van der Waals surface area (Å²) in [5.74, 6) is -0.950. The van der Waals surface area contributed by atoms with Crippen LogP contribution in [0.4, 0.5) is 0 Å². The molecule has 1 aromatic heterocycles. The van der Waals surface area contributed by atoms with E-state index in [2.05, 4.69) is 15.1 Å². The molecule has 0 aliphatic heterocycles. The van der Waals surface area contributed by atoms with E-state index in [1.54, 1.807) is 32.0 Å². The Balaban J connectivity index is 2.14. The molecule has 1 aliphatic carbocycles. The molecule has 0 fully saturated rings. The first-order chi connectivity index (χ1) is 10.9. The predicted octanol–water partition coefficient (Wildman–Crippen LogP) is 3.22. The zero-order valence-electron chi connectivity index (χ0n) is 12.9. The molecule has 0 N–H and O–H groups in total. The van der Waals surface area contributed by atoms with Crippen molar-refractivity contribution in [2.45, 2.75) is 26.7 Å². The highest BCUT2D eigenvalue weighted by atomic mass is 16.3. The van der Waals surface area contributed by atoms with Crippen LogP contribution in [0.3, 0.4) is 0 Å². The maximum atomic E-state index is 12.7. The number of carbonyl (C=O) groups is 2. The quantitative estimate of drug-likeness (QED) is 0.493. The second-order valence-corrected chi connectivity index (χ2v) is 6.20. The van der Waals surface area contributed by atoms with Crippen molar-refractivity contribution < 1.29 is 9.59 Å². The number of fused-ring (bicyclic) bond motifs is 1. The Labute approximate surface area is 132 Å². The number of aromatic nitrogens is 2. The van der Waals surface area contributed by atoms with Crippen molar-refractivity contribution in [3.05, 3.63) is 52.3 Å². The number of para-hydroxylation sites is 2. The van der Waals surface area contributed by atoms with Crippen LogP contribution < -0.4 is 0 Å². The third-order valence-electron chi connectivity index (χ3n) is 4.13. The molecule has 6 nitrogen and oxygen atoms in total. The molecule has 0 bridgehead atoms. The van der Waals surface area contributed by atoms with Crippen LogP contribution in [0.2, 0.25) is 0 Å². The maximum Gasteiger partial charge on any atom is 0.218 e. The van der Waals surface area contributed by atoms with Crippen LogP contribution >= 0.6 is 0 Å². The Kier molecular flexibility index (Phi) is 3.60. The van der Waals surface area contributed by atoms with E-state index in [-0.39, 0.29) is 29.2 Å². The number of nitroso groups, excluding NO2 is 1. The van der Waals surface area contributed by atoms with E-state index in [0.29, 0.717) is 17.5 Å². The van der Waals surface area contributed by atoms with E-state index < -0.39 is 11.2 Å². The predicted molar refractivity (Wildman–Crippen MR) is 84.7 cm³/mol. The van der Waals surface area contributed by atoms with Crippen LogP contribution in [0.25, 0.3) is 11.0 Å². The molecule has 1 heterocycles. The number of nitrogens with zero attached hydrogens (tertiary/aromatic N) is 3. The molecule has 0 unspecified atom stereocenters. The van der Waals surface area contributed by atoms with E-state index >= 15 is 0 Å². The van der Waals surface area contributed by atoms with Crippen molar-refractivity contribution in [3.8, 4) is 0 Å². The van der Waals surface area contributed by atoms with E-state index in [1.807, 2.05) is 6.07 Å². The summed E-state index contributed by atoms with van der Waals surface area (Å²) in [6.45, 7) is 3.60. The maximum absolute atomic E-state index is 12.7. The van der Waals surface area contributed by atoms with Gasteiger partial charge in [-0.2, -0.15) is 0 Å². The summed E-state index contributed by atoms with van der Waals surface area (Å²) in [6, 6.07) is 7.13. The van der Waals surface area contributed by atoms with Crippen molar-refractivity contribution in [2.75, 3.05) is 0 Å². The Morgan fingerprint density at radius 3 is 2.61 bits per heavy atom. The van der Waals surface area contributed by atoms with E-state index in [1.165, 1.54) is 6.20 Å². The second-order valence-electron chi connectivity index (χ2n) is 6.20. The van der Waals surface area contributed by atoms with Crippen LogP contribution in [0.5, 0.6) is 0 Å². The smallest absolute Gasteiger partial charge is 0.218 e. The molecular formula is C17H15N3O3. The highest BCUT2D eigenvalue weighted by Crippen LogP contribution is 2.40. The fourth-order valence-corrected chi connectivity index (χ4v) is 2.74. The van der Waals surface area contributed by atoms with Crippen LogP contribution in [0, 0.1) is 10.3 Å². The van der Waals surface area contributed by atoms with Gasteiger partial charge in [-0.15, -0.1) is 4.91 Å². The summed E-state index contributed by atoms with van der Waals surface area (Å²) in [5.41, 5.74) is 0.509. The van der Waals surface area contributed by atoms with Crippen LogP contribution in [-0.4, -0.2) is 21.5 Å². The second kappa shape index (κ2) is 5.46. The molecule has 0 saturated carbocycles. The van der Waals surface area contributed by atoms with Gasteiger partial charge in [0.05, 0.1) is 22.8 Å². The topological polar surface area (TPSA) is 89.3 Å². The number of carbonyl (C=O) groups excluding carboxylic acids is 2. The molecule has 6 heteroatoms. The number of benzene rings is 1. The van der Waals surface area contributed by atoms with Gasteiger partial charge in [-0.1, -0.05) is 26.0 Å². The van der Waals surface area contributed by atoms with Crippen molar-refractivity contribution in [2.24, 2.45) is 10.6 Å². The zero-order valence-corrected chi connectivity index (χ0v) is 12.9. The Morgan fingerprint density at radius 2 is 1.91 bits per heavy atom. The van der Waals surface area contributed by atoms with Crippen LogP contribution in [-0.2, 0) is 4.79 Å². The molecule has 0 radical (unpaired) electrons. The number of rotatable bonds is 3. The van der Waals surface area contributed by atoms with Gasteiger partial charge in [0.2, 0.25) is 5.78 Å². The molecule has 1 aromatic carbocycles. The van der Waals surface area contributed by atoms with Gasteiger partial charge in [-0.3, -0.25) is 14.6 Å². The van der Waals surface area contributed by atoms with Gasteiger partial charge in [-0.25, -0.2) is 4.98 Å². The molecule has 3 rings (SSSR count). The zero-order chi connectivity index (χ0) is 16.6. The lowest BCUT2D eigenvalue weighted by Gasteiger charge is -2.29. The SMILES string of the molecule is CC1(C)CCC(=O)C(C(=O)c2cnc3ccccc3n2)=C1N=O. The lowest BCUT2D eigenvalue weighted by Crippen LogP contribution is -2.29. The minimum Gasteiger partial charge on any atom is -0.294 e. The molecule has 0 spiro atoms. The van der Waals surface area contributed by atoms with Gasteiger partial charge in [0.15, 0.2) is 5.78 Å². The fraction of sp³-hybridized carbons (Fsp3) is 0.294. The largest absolute Gasteiger partial charge is 0.294 e. The Hall–Kier alpha value is -2.76. The van der Waals surface area contributed by atoms with Crippen molar-refractivity contribution >= 4 is 22.6 Å². The van der Waals surface area contributed by atoms with E-state index in [9.17, 15) is 14.5 Å². The average Bonchev–Trinajstić information content (AvgIpc) is 2.55. The van der Waals surface area contributed by atoms with Gasteiger partial charge >= 0.3 is 0 Å².